The molecule has 0 spiro atoms. The van der Waals surface area contributed by atoms with Crippen LogP contribution < -0.4 is 16.4 Å². The molecule has 0 aromatic heterocycles. The van der Waals surface area contributed by atoms with Crippen molar-refractivity contribution in [1.82, 2.24) is 15.5 Å². The van der Waals surface area contributed by atoms with Gasteiger partial charge in [0.25, 0.3) is 0 Å². The summed E-state index contributed by atoms with van der Waals surface area (Å²) in [7, 11) is 0. The monoisotopic (exact) mass is 486 g/mol. The lowest BCUT2D eigenvalue weighted by molar-refractivity contribution is -0.145. The number of nitrogens with two attached hydrogens (primary N) is 1. The molecule has 1 aliphatic heterocycles. The van der Waals surface area contributed by atoms with Crippen LogP contribution in [0.5, 0.6) is 0 Å². The normalized spacial score (nSPS) is 19.4. The van der Waals surface area contributed by atoms with Crippen molar-refractivity contribution in [2.24, 2.45) is 17.6 Å². The van der Waals surface area contributed by atoms with Crippen molar-refractivity contribution >= 4 is 35.4 Å². The van der Waals surface area contributed by atoms with Gasteiger partial charge in [-0.1, -0.05) is 13.8 Å². The molecule has 0 aliphatic carbocycles. The second-order valence-corrected chi connectivity index (χ2v) is 8.78. The van der Waals surface area contributed by atoms with E-state index < -0.39 is 78.9 Å². The van der Waals surface area contributed by atoms with Crippen LogP contribution in [-0.2, 0) is 28.8 Å². The summed E-state index contributed by atoms with van der Waals surface area (Å²) in [4.78, 5) is 72.8. The van der Waals surface area contributed by atoms with E-state index in [-0.39, 0.29) is 38.3 Å². The number of ketones is 1. The summed E-state index contributed by atoms with van der Waals surface area (Å²) in [6.07, 6.45) is -1.86. The Balaban J connectivity index is 2.80. The molecule has 0 aromatic carbocycles. The number of aliphatic hydroxyl groups excluding tert-OH is 1. The first-order chi connectivity index (χ1) is 15.8. The number of carboxylic acid groups (broad SMARTS) is 2. The average molecular weight is 487 g/mol. The van der Waals surface area contributed by atoms with Gasteiger partial charge in [-0.3, -0.25) is 28.8 Å². The number of Topliss-reactive ketones (excluding diaryl/α,β-unsaturated/α-hetero) is 1. The minimum atomic E-state index is -1.31. The van der Waals surface area contributed by atoms with Gasteiger partial charge in [-0.15, -0.1) is 0 Å². The summed E-state index contributed by atoms with van der Waals surface area (Å²) in [6, 6.07) is -2.02. The van der Waals surface area contributed by atoms with Gasteiger partial charge in [-0.2, -0.15) is 0 Å². The summed E-state index contributed by atoms with van der Waals surface area (Å²) < 4.78 is 0. The minimum absolute atomic E-state index is 0.0350. The number of hydrogen-bond donors (Lipinski definition) is 6. The number of aliphatic hydroxyl groups is 1. The molecule has 1 aliphatic rings. The summed E-state index contributed by atoms with van der Waals surface area (Å²) in [6.45, 7) is 2.74. The molecule has 1 saturated heterocycles. The Morgan fingerprint density at radius 1 is 1.12 bits per heavy atom. The molecule has 0 bridgehead atoms. The maximum Gasteiger partial charge on any atom is 0.306 e. The lowest BCUT2D eigenvalue weighted by Crippen LogP contribution is -2.55. The molecule has 1 heterocycles. The number of amides is 3. The highest BCUT2D eigenvalue weighted by atomic mass is 16.4. The SMILES string of the molecule is CC(C)C[C@H](NC(=O)CN)C(=O)N1C[C@@H](O)C[C@H]1C(=O)NCC(=O)C[C@@H](CCC(=O)O)C(=O)O. The van der Waals surface area contributed by atoms with Crippen molar-refractivity contribution in [3.8, 4) is 0 Å². The quantitative estimate of drug-likeness (QED) is 0.160. The van der Waals surface area contributed by atoms with Crippen molar-refractivity contribution in [3.63, 3.8) is 0 Å². The van der Waals surface area contributed by atoms with Crippen LogP contribution in [0.15, 0.2) is 0 Å². The number of aliphatic carboxylic acids is 2. The summed E-state index contributed by atoms with van der Waals surface area (Å²) in [5.41, 5.74) is 5.32. The number of likely N-dealkylation sites (tertiary alicyclic amines) is 1. The van der Waals surface area contributed by atoms with E-state index >= 15 is 0 Å². The molecular formula is C21H34N4O9. The lowest BCUT2D eigenvalue weighted by atomic mass is 9.97. The molecule has 0 saturated carbocycles. The summed E-state index contributed by atoms with van der Waals surface area (Å²) in [5, 5.41) is 32.8. The highest BCUT2D eigenvalue weighted by Crippen LogP contribution is 2.21. The Kier molecular flexibility index (Phi) is 11.6. The fraction of sp³-hybridized carbons (Fsp3) is 0.714. The number of hydrogen-bond acceptors (Lipinski definition) is 8. The van der Waals surface area contributed by atoms with Gasteiger partial charge in [-0.05, 0) is 18.8 Å². The van der Waals surface area contributed by atoms with Crippen LogP contribution in [0.1, 0.15) is 46.0 Å². The Labute approximate surface area is 197 Å². The molecule has 0 radical (unpaired) electrons. The molecule has 1 rings (SSSR count). The number of nitrogens with zero attached hydrogens (tertiary/aromatic N) is 1. The molecule has 4 atom stereocenters. The third-order valence-electron chi connectivity index (χ3n) is 5.38. The van der Waals surface area contributed by atoms with E-state index in [2.05, 4.69) is 10.6 Å². The second kappa shape index (κ2) is 13.6. The van der Waals surface area contributed by atoms with Gasteiger partial charge >= 0.3 is 11.9 Å². The van der Waals surface area contributed by atoms with E-state index in [1.165, 1.54) is 0 Å². The zero-order valence-corrected chi connectivity index (χ0v) is 19.4. The molecule has 3 amide bonds. The molecule has 192 valence electrons. The summed E-state index contributed by atoms with van der Waals surface area (Å²) >= 11 is 0. The third-order valence-corrected chi connectivity index (χ3v) is 5.38. The van der Waals surface area contributed by atoms with E-state index in [1.807, 2.05) is 13.8 Å². The number of carbonyl (C=O) groups excluding carboxylic acids is 4. The number of carboxylic acids is 2. The Morgan fingerprint density at radius 2 is 1.76 bits per heavy atom. The van der Waals surface area contributed by atoms with Crippen molar-refractivity contribution in [3.05, 3.63) is 0 Å². The first-order valence-corrected chi connectivity index (χ1v) is 11.1. The average Bonchev–Trinajstić information content (AvgIpc) is 3.14. The molecular weight excluding hydrogens is 452 g/mol. The fourth-order valence-corrected chi connectivity index (χ4v) is 3.71. The van der Waals surface area contributed by atoms with Crippen LogP contribution in [-0.4, -0.2) is 93.5 Å². The van der Waals surface area contributed by atoms with Crippen molar-refractivity contribution < 1.29 is 44.1 Å². The molecule has 0 unspecified atom stereocenters. The van der Waals surface area contributed by atoms with Gasteiger partial charge in [0.2, 0.25) is 17.7 Å². The molecule has 7 N–H and O–H groups in total. The van der Waals surface area contributed by atoms with E-state index in [0.29, 0.717) is 0 Å². The largest absolute Gasteiger partial charge is 0.481 e. The van der Waals surface area contributed by atoms with Crippen LogP contribution in [0.4, 0.5) is 0 Å². The van der Waals surface area contributed by atoms with E-state index in [9.17, 15) is 33.9 Å². The van der Waals surface area contributed by atoms with Gasteiger partial charge in [0.15, 0.2) is 5.78 Å². The van der Waals surface area contributed by atoms with Crippen LogP contribution in [0.3, 0.4) is 0 Å². The third kappa shape index (κ3) is 9.43. The number of β-amino-alcohol motifs (C(OH)–C–C–N with tert-alkyl or cyclic N) is 1. The number of carbonyl (C=O) groups is 6. The van der Waals surface area contributed by atoms with Crippen LogP contribution >= 0.6 is 0 Å². The first-order valence-electron chi connectivity index (χ1n) is 11.1. The van der Waals surface area contributed by atoms with Crippen molar-refractivity contribution in [2.75, 3.05) is 19.6 Å². The lowest BCUT2D eigenvalue weighted by Gasteiger charge is -2.29. The van der Waals surface area contributed by atoms with Gasteiger partial charge in [-0.25, -0.2) is 0 Å². The van der Waals surface area contributed by atoms with Crippen LogP contribution in [0, 0.1) is 11.8 Å². The van der Waals surface area contributed by atoms with Crippen LogP contribution in [0.25, 0.3) is 0 Å². The molecule has 13 nitrogen and oxygen atoms in total. The molecule has 0 aromatic rings. The summed E-state index contributed by atoms with van der Waals surface area (Å²) in [5.74, 6) is -6.08. The maximum absolute atomic E-state index is 13.1. The zero-order valence-electron chi connectivity index (χ0n) is 19.4. The molecule has 13 heteroatoms. The van der Waals surface area contributed by atoms with Gasteiger partial charge in [0.1, 0.15) is 12.1 Å². The highest BCUT2D eigenvalue weighted by Gasteiger charge is 2.41. The fourth-order valence-electron chi connectivity index (χ4n) is 3.71. The second-order valence-electron chi connectivity index (χ2n) is 8.78. The standard InChI is InChI=1S/C21H34N4O9/c1-11(2)5-15(24-17(28)8-22)20(32)25-10-14(27)7-16(25)19(31)23-9-13(26)6-12(21(33)34)3-4-18(29)30/h11-12,14-16,27H,3-10,22H2,1-2H3,(H,23,31)(H,24,28)(H,29,30)(H,33,34)/t12-,14+,15+,16+/m1/s1. The topological polar surface area (TPSA) is 216 Å². The minimum Gasteiger partial charge on any atom is -0.481 e. The van der Waals surface area contributed by atoms with E-state index in [4.69, 9.17) is 15.9 Å². The predicted molar refractivity (Wildman–Crippen MR) is 117 cm³/mol. The molecule has 1 fully saturated rings. The predicted octanol–water partition coefficient (Wildman–Crippen LogP) is -1.92. The van der Waals surface area contributed by atoms with Gasteiger partial charge < -0.3 is 36.6 Å². The number of nitrogens with one attached hydrogen (secondary N) is 2. The van der Waals surface area contributed by atoms with Crippen LogP contribution in [0.2, 0.25) is 0 Å². The van der Waals surface area contributed by atoms with Gasteiger partial charge in [0.05, 0.1) is 25.1 Å². The first kappa shape index (κ1) is 29.0. The van der Waals surface area contributed by atoms with Gasteiger partial charge in [0, 0.05) is 25.8 Å². The Morgan fingerprint density at radius 3 is 2.29 bits per heavy atom. The highest BCUT2D eigenvalue weighted by molar-refractivity contribution is 5.94. The Bertz CT molecular complexity index is 786. The maximum atomic E-state index is 13.1. The molecule has 34 heavy (non-hydrogen) atoms. The van der Waals surface area contributed by atoms with E-state index in [1.54, 1.807) is 0 Å². The van der Waals surface area contributed by atoms with Crippen molar-refractivity contribution in [1.29, 1.82) is 0 Å². The zero-order chi connectivity index (χ0) is 26.0. The smallest absolute Gasteiger partial charge is 0.306 e. The van der Waals surface area contributed by atoms with E-state index in [0.717, 1.165) is 4.90 Å². The Hall–Kier alpha value is -3.06. The number of rotatable bonds is 14. The van der Waals surface area contributed by atoms with Crippen molar-refractivity contribution in [2.45, 2.75) is 64.1 Å².